The second-order valence-corrected chi connectivity index (χ2v) is 11.0. The van der Waals surface area contributed by atoms with Gasteiger partial charge < -0.3 is 20.1 Å². The molecule has 1 aliphatic rings. The molecule has 1 aliphatic heterocycles. The minimum absolute atomic E-state index is 0.0343. The number of benzene rings is 2. The number of halogens is 1. The average molecular weight is 535 g/mol. The van der Waals surface area contributed by atoms with Crippen LogP contribution in [0.4, 0.5) is 15.2 Å². The van der Waals surface area contributed by atoms with E-state index < -0.39 is 21.8 Å². The quantitative estimate of drug-likeness (QED) is 0.449. The van der Waals surface area contributed by atoms with Gasteiger partial charge in [-0.15, -0.1) is 11.3 Å². The summed E-state index contributed by atoms with van der Waals surface area (Å²) in [5, 5.41) is 8.57. The standard InChI is InChI=1S/C24H27FN4O5S2/c1-26-24-28-19(14-35-24)15-6-8-20(33-2)18(11-15)27-23(30)16-5-4-10-29(13-16)36(31,32)22-12-17(25)7-9-21(22)34-3/h6-9,11-12,14,16H,4-5,10,13H2,1-3H3,(H,26,28)(H,27,30)/t16-/m1/s1. The molecule has 3 aromatic rings. The van der Waals surface area contributed by atoms with E-state index in [0.29, 0.717) is 24.3 Å². The zero-order valence-electron chi connectivity index (χ0n) is 20.1. The number of carbonyl (C=O) groups is 1. The van der Waals surface area contributed by atoms with Crippen molar-refractivity contribution in [2.75, 3.05) is 45.0 Å². The van der Waals surface area contributed by atoms with E-state index in [1.807, 2.05) is 11.4 Å². The summed E-state index contributed by atoms with van der Waals surface area (Å²) >= 11 is 1.47. The Morgan fingerprint density at radius 2 is 1.92 bits per heavy atom. The van der Waals surface area contributed by atoms with Gasteiger partial charge in [0, 0.05) is 31.1 Å². The van der Waals surface area contributed by atoms with E-state index in [0.717, 1.165) is 28.5 Å². The van der Waals surface area contributed by atoms with E-state index in [1.165, 1.54) is 35.9 Å². The van der Waals surface area contributed by atoms with Crippen LogP contribution in [0.15, 0.2) is 46.7 Å². The number of ether oxygens (including phenoxy) is 2. The molecule has 1 fully saturated rings. The highest BCUT2D eigenvalue weighted by Crippen LogP contribution is 2.34. The number of hydrogen-bond donors (Lipinski definition) is 2. The van der Waals surface area contributed by atoms with Crippen molar-refractivity contribution in [3.8, 4) is 22.8 Å². The maximum absolute atomic E-state index is 13.9. The number of thiazole rings is 1. The molecule has 9 nitrogen and oxygen atoms in total. The molecular formula is C24H27FN4O5S2. The zero-order chi connectivity index (χ0) is 25.9. The molecule has 192 valence electrons. The molecule has 2 aromatic carbocycles. The highest BCUT2D eigenvalue weighted by molar-refractivity contribution is 7.89. The summed E-state index contributed by atoms with van der Waals surface area (Å²) < 4.78 is 52.2. The zero-order valence-corrected chi connectivity index (χ0v) is 21.7. The van der Waals surface area contributed by atoms with Crippen molar-refractivity contribution in [1.29, 1.82) is 0 Å². The van der Waals surface area contributed by atoms with Crippen molar-refractivity contribution in [3.63, 3.8) is 0 Å². The smallest absolute Gasteiger partial charge is 0.246 e. The first-order valence-corrected chi connectivity index (χ1v) is 13.5. The normalized spacial score (nSPS) is 16.4. The Bertz CT molecular complexity index is 1360. The molecule has 4 rings (SSSR count). The summed E-state index contributed by atoms with van der Waals surface area (Å²) in [4.78, 5) is 17.5. The fourth-order valence-electron chi connectivity index (χ4n) is 4.09. The number of amides is 1. The van der Waals surface area contributed by atoms with Crippen LogP contribution in [0.1, 0.15) is 12.8 Å². The highest BCUT2D eigenvalue weighted by atomic mass is 32.2. The third kappa shape index (κ3) is 5.30. The van der Waals surface area contributed by atoms with Crippen LogP contribution in [0.2, 0.25) is 0 Å². The van der Waals surface area contributed by atoms with E-state index in [9.17, 15) is 17.6 Å². The van der Waals surface area contributed by atoms with Gasteiger partial charge in [0.15, 0.2) is 5.13 Å². The molecular weight excluding hydrogens is 507 g/mol. The van der Waals surface area contributed by atoms with Crippen LogP contribution in [0.5, 0.6) is 11.5 Å². The Kier molecular flexibility index (Phi) is 7.76. The maximum Gasteiger partial charge on any atom is 0.246 e. The number of nitrogens with one attached hydrogen (secondary N) is 2. The minimum Gasteiger partial charge on any atom is -0.495 e. The van der Waals surface area contributed by atoms with Gasteiger partial charge in [0.05, 0.1) is 31.5 Å². The molecule has 2 N–H and O–H groups in total. The van der Waals surface area contributed by atoms with Crippen LogP contribution in [-0.4, -0.2) is 58.0 Å². The molecule has 0 aliphatic carbocycles. The Balaban J connectivity index is 1.54. The van der Waals surface area contributed by atoms with Crippen LogP contribution in [0.25, 0.3) is 11.3 Å². The predicted octanol–water partition coefficient (Wildman–Crippen LogP) is 4.05. The number of aromatic nitrogens is 1. The summed E-state index contributed by atoms with van der Waals surface area (Å²) in [6, 6.07) is 8.72. The third-order valence-electron chi connectivity index (χ3n) is 5.97. The van der Waals surface area contributed by atoms with Crippen LogP contribution in [-0.2, 0) is 14.8 Å². The Hall–Kier alpha value is -3.22. The number of nitrogens with zero attached hydrogens (tertiary/aromatic N) is 2. The van der Waals surface area contributed by atoms with Crippen LogP contribution in [0.3, 0.4) is 0 Å². The van der Waals surface area contributed by atoms with Crippen molar-refractivity contribution in [2.24, 2.45) is 5.92 Å². The second kappa shape index (κ2) is 10.8. The predicted molar refractivity (Wildman–Crippen MR) is 137 cm³/mol. The van der Waals surface area contributed by atoms with Gasteiger partial charge in [0.25, 0.3) is 0 Å². The lowest BCUT2D eigenvalue weighted by Crippen LogP contribution is -2.43. The van der Waals surface area contributed by atoms with Gasteiger partial charge in [-0.3, -0.25) is 4.79 Å². The molecule has 2 heterocycles. The first-order chi connectivity index (χ1) is 17.3. The van der Waals surface area contributed by atoms with Gasteiger partial charge in [-0.1, -0.05) is 0 Å². The number of carbonyl (C=O) groups excluding carboxylic acids is 1. The minimum atomic E-state index is -4.07. The van der Waals surface area contributed by atoms with E-state index in [2.05, 4.69) is 15.6 Å². The average Bonchev–Trinajstić information content (AvgIpc) is 3.38. The summed E-state index contributed by atoms with van der Waals surface area (Å²) in [6.07, 6.45) is 0.996. The van der Waals surface area contributed by atoms with Crippen LogP contribution >= 0.6 is 11.3 Å². The highest BCUT2D eigenvalue weighted by Gasteiger charge is 2.35. The number of methoxy groups -OCH3 is 2. The molecule has 1 saturated heterocycles. The van der Waals surface area contributed by atoms with Crippen molar-refractivity contribution >= 4 is 38.1 Å². The Morgan fingerprint density at radius 3 is 2.61 bits per heavy atom. The van der Waals surface area contributed by atoms with Gasteiger partial charge >= 0.3 is 0 Å². The van der Waals surface area contributed by atoms with Gasteiger partial charge in [0.1, 0.15) is 22.2 Å². The number of sulfonamides is 1. The van der Waals surface area contributed by atoms with Gasteiger partial charge in [-0.2, -0.15) is 4.31 Å². The van der Waals surface area contributed by atoms with E-state index in [-0.39, 0.29) is 29.6 Å². The van der Waals surface area contributed by atoms with Crippen molar-refractivity contribution < 1.29 is 27.1 Å². The van der Waals surface area contributed by atoms with Crippen LogP contribution in [0, 0.1) is 11.7 Å². The lowest BCUT2D eigenvalue weighted by Gasteiger charge is -2.31. The summed E-state index contributed by atoms with van der Waals surface area (Å²) in [5.41, 5.74) is 2.02. The second-order valence-electron chi connectivity index (χ2n) is 8.19. The molecule has 0 bridgehead atoms. The Morgan fingerprint density at radius 1 is 1.17 bits per heavy atom. The molecule has 1 amide bonds. The molecule has 0 unspecified atom stereocenters. The first kappa shape index (κ1) is 25.9. The largest absolute Gasteiger partial charge is 0.495 e. The van der Waals surface area contributed by atoms with Gasteiger partial charge in [-0.25, -0.2) is 17.8 Å². The van der Waals surface area contributed by atoms with Gasteiger partial charge in [0.2, 0.25) is 15.9 Å². The lowest BCUT2D eigenvalue weighted by molar-refractivity contribution is -0.120. The summed E-state index contributed by atoms with van der Waals surface area (Å²) in [7, 11) is 0.553. The fourth-order valence-corrected chi connectivity index (χ4v) is 6.46. The number of anilines is 2. The summed E-state index contributed by atoms with van der Waals surface area (Å²) in [5.74, 6) is -1.09. The topological polar surface area (TPSA) is 110 Å². The van der Waals surface area contributed by atoms with Crippen LogP contribution < -0.4 is 20.1 Å². The summed E-state index contributed by atoms with van der Waals surface area (Å²) in [6.45, 7) is 0.190. The molecule has 1 aromatic heterocycles. The molecule has 0 radical (unpaired) electrons. The molecule has 1 atom stereocenters. The number of hydrogen-bond acceptors (Lipinski definition) is 8. The van der Waals surface area contributed by atoms with E-state index >= 15 is 0 Å². The molecule has 0 spiro atoms. The lowest BCUT2D eigenvalue weighted by atomic mass is 9.98. The number of rotatable bonds is 8. The van der Waals surface area contributed by atoms with Crippen molar-refractivity contribution in [2.45, 2.75) is 17.7 Å². The Labute approximate surface area is 213 Å². The first-order valence-electron chi connectivity index (χ1n) is 11.2. The molecule has 0 saturated carbocycles. The SMILES string of the molecule is CNc1nc(-c2ccc(OC)c(NC(=O)[C@@H]3CCCN(S(=O)(=O)c4cc(F)ccc4OC)C3)c2)cs1. The van der Waals surface area contributed by atoms with E-state index in [4.69, 9.17) is 9.47 Å². The third-order valence-corrected chi connectivity index (χ3v) is 8.72. The van der Waals surface area contributed by atoms with E-state index in [1.54, 1.807) is 19.2 Å². The van der Waals surface area contributed by atoms with Gasteiger partial charge in [-0.05, 0) is 49.2 Å². The number of piperidine rings is 1. The molecule has 36 heavy (non-hydrogen) atoms. The fraction of sp³-hybridized carbons (Fsp3) is 0.333. The van der Waals surface area contributed by atoms with Crippen molar-refractivity contribution in [3.05, 3.63) is 47.6 Å². The maximum atomic E-state index is 13.9. The monoisotopic (exact) mass is 534 g/mol. The van der Waals surface area contributed by atoms with Crippen molar-refractivity contribution in [1.82, 2.24) is 9.29 Å². The molecule has 12 heteroatoms.